The number of carboxylic acids is 1. The average molecular weight is 352 g/mol. The summed E-state index contributed by atoms with van der Waals surface area (Å²) in [5.41, 5.74) is 3.15. The number of nitrogens with zero attached hydrogens (tertiary/aromatic N) is 1. The minimum Gasteiger partial charge on any atom is -0.478 e. The van der Waals surface area contributed by atoms with E-state index in [4.69, 9.17) is 0 Å². The van der Waals surface area contributed by atoms with Gasteiger partial charge in [0.1, 0.15) is 0 Å². The van der Waals surface area contributed by atoms with Crippen LogP contribution in [0.1, 0.15) is 46.0 Å². The van der Waals surface area contributed by atoms with E-state index < -0.39 is 5.97 Å². The van der Waals surface area contributed by atoms with Crippen molar-refractivity contribution in [3.05, 3.63) is 59.2 Å². The minimum atomic E-state index is -1.00. The number of amides is 1. The summed E-state index contributed by atoms with van der Waals surface area (Å²) in [6.45, 7) is 5.98. The van der Waals surface area contributed by atoms with Gasteiger partial charge in [-0.25, -0.2) is 4.79 Å². The van der Waals surface area contributed by atoms with Gasteiger partial charge in [-0.2, -0.15) is 0 Å². The molecule has 1 aliphatic heterocycles. The molecule has 1 amide bonds. The van der Waals surface area contributed by atoms with Crippen molar-refractivity contribution in [2.45, 2.75) is 26.7 Å². The molecule has 1 saturated heterocycles. The first-order valence-corrected chi connectivity index (χ1v) is 8.94. The predicted octanol–water partition coefficient (Wildman–Crippen LogP) is 4.18. The van der Waals surface area contributed by atoms with Crippen LogP contribution < -0.4 is 10.2 Å². The van der Waals surface area contributed by atoms with Crippen LogP contribution in [0.5, 0.6) is 0 Å². The lowest BCUT2D eigenvalue weighted by molar-refractivity contribution is 0.0696. The summed E-state index contributed by atoms with van der Waals surface area (Å²) in [5.74, 6) is -0.549. The summed E-state index contributed by atoms with van der Waals surface area (Å²) in [6.07, 6.45) is 2.18. The van der Waals surface area contributed by atoms with Gasteiger partial charge in [-0.15, -0.1) is 0 Å². The SMILES string of the molecule is Cc1cccc(C(=O)Nc2cc(C(=O)O)ccc2N2CCC(C)CC2)c1. The topological polar surface area (TPSA) is 69.6 Å². The molecule has 0 bridgehead atoms. The Kier molecular flexibility index (Phi) is 5.26. The lowest BCUT2D eigenvalue weighted by atomic mass is 9.98. The normalized spacial score (nSPS) is 14.9. The molecule has 1 aliphatic rings. The molecule has 0 radical (unpaired) electrons. The lowest BCUT2D eigenvalue weighted by Crippen LogP contribution is -2.33. The van der Waals surface area contributed by atoms with Crippen LogP contribution in [-0.2, 0) is 0 Å². The number of anilines is 2. The number of rotatable bonds is 4. The molecule has 5 nitrogen and oxygen atoms in total. The molecular formula is C21H24N2O3. The number of carbonyl (C=O) groups excluding carboxylic acids is 1. The standard InChI is InChI=1S/C21H24N2O3/c1-14-8-10-23(11-9-14)19-7-6-17(21(25)26)13-18(19)22-20(24)16-5-3-4-15(2)12-16/h3-7,12-14H,8-11H2,1-2H3,(H,22,24)(H,25,26). The van der Waals surface area contributed by atoms with Gasteiger partial charge in [0.2, 0.25) is 0 Å². The first-order chi connectivity index (χ1) is 12.4. The largest absolute Gasteiger partial charge is 0.478 e. The third-order valence-electron chi connectivity index (χ3n) is 4.90. The zero-order chi connectivity index (χ0) is 18.7. The van der Waals surface area contributed by atoms with Gasteiger partial charge < -0.3 is 15.3 Å². The quantitative estimate of drug-likeness (QED) is 0.866. The summed E-state index contributed by atoms with van der Waals surface area (Å²) < 4.78 is 0. The Morgan fingerprint density at radius 2 is 1.81 bits per heavy atom. The summed E-state index contributed by atoms with van der Waals surface area (Å²) in [6, 6.07) is 12.3. The molecule has 3 rings (SSSR count). The van der Waals surface area contributed by atoms with Gasteiger partial charge >= 0.3 is 5.97 Å². The molecule has 0 spiro atoms. The number of nitrogens with one attached hydrogen (secondary N) is 1. The van der Waals surface area contributed by atoms with E-state index in [0.717, 1.165) is 37.2 Å². The van der Waals surface area contributed by atoms with Gasteiger partial charge in [0.05, 0.1) is 16.9 Å². The molecule has 26 heavy (non-hydrogen) atoms. The van der Waals surface area contributed by atoms with Gasteiger partial charge in [0, 0.05) is 18.7 Å². The van der Waals surface area contributed by atoms with Crippen LogP contribution in [0.15, 0.2) is 42.5 Å². The van der Waals surface area contributed by atoms with Gasteiger partial charge in [0.15, 0.2) is 0 Å². The zero-order valence-corrected chi connectivity index (χ0v) is 15.2. The van der Waals surface area contributed by atoms with E-state index in [1.807, 2.05) is 25.1 Å². The van der Waals surface area contributed by atoms with Gasteiger partial charge in [-0.3, -0.25) is 4.79 Å². The highest BCUT2D eigenvalue weighted by Crippen LogP contribution is 2.31. The highest BCUT2D eigenvalue weighted by molar-refractivity contribution is 6.06. The molecule has 0 atom stereocenters. The van der Waals surface area contributed by atoms with Crippen molar-refractivity contribution in [1.82, 2.24) is 0 Å². The highest BCUT2D eigenvalue weighted by Gasteiger charge is 2.20. The number of piperidine rings is 1. The Bertz CT molecular complexity index is 824. The number of hydrogen-bond acceptors (Lipinski definition) is 3. The molecule has 2 aromatic carbocycles. The third kappa shape index (κ3) is 4.04. The van der Waals surface area contributed by atoms with Crippen molar-refractivity contribution >= 4 is 23.3 Å². The van der Waals surface area contributed by atoms with E-state index in [1.165, 1.54) is 0 Å². The third-order valence-corrected chi connectivity index (χ3v) is 4.90. The summed E-state index contributed by atoms with van der Waals surface area (Å²) in [7, 11) is 0. The van der Waals surface area contributed by atoms with Crippen molar-refractivity contribution < 1.29 is 14.7 Å². The molecule has 5 heteroatoms. The predicted molar refractivity (Wildman–Crippen MR) is 103 cm³/mol. The van der Waals surface area contributed by atoms with Crippen molar-refractivity contribution in [2.24, 2.45) is 5.92 Å². The van der Waals surface area contributed by atoms with Crippen molar-refractivity contribution in [2.75, 3.05) is 23.3 Å². The van der Waals surface area contributed by atoms with Crippen LogP contribution in [0.2, 0.25) is 0 Å². The number of aromatic carboxylic acids is 1. The van der Waals surface area contributed by atoms with Crippen molar-refractivity contribution in [3.8, 4) is 0 Å². The fourth-order valence-corrected chi connectivity index (χ4v) is 3.28. The zero-order valence-electron chi connectivity index (χ0n) is 15.2. The Labute approximate surface area is 153 Å². The first kappa shape index (κ1) is 18.0. The van der Waals surface area contributed by atoms with E-state index >= 15 is 0 Å². The van der Waals surface area contributed by atoms with Gasteiger partial charge in [-0.1, -0.05) is 24.6 Å². The molecule has 136 valence electrons. The fourth-order valence-electron chi connectivity index (χ4n) is 3.28. The molecule has 0 aromatic heterocycles. The van der Waals surface area contributed by atoms with Crippen LogP contribution in [0.4, 0.5) is 11.4 Å². The van der Waals surface area contributed by atoms with Crippen molar-refractivity contribution in [3.63, 3.8) is 0 Å². The molecule has 0 saturated carbocycles. The van der Waals surface area contributed by atoms with E-state index in [2.05, 4.69) is 17.1 Å². The average Bonchev–Trinajstić information content (AvgIpc) is 2.62. The first-order valence-electron chi connectivity index (χ1n) is 8.94. The molecule has 2 N–H and O–H groups in total. The number of hydrogen-bond donors (Lipinski definition) is 2. The Morgan fingerprint density at radius 3 is 2.46 bits per heavy atom. The van der Waals surface area contributed by atoms with Crippen LogP contribution in [-0.4, -0.2) is 30.1 Å². The molecule has 2 aromatic rings. The van der Waals surface area contributed by atoms with Gasteiger partial charge in [-0.05, 0) is 56.0 Å². The van der Waals surface area contributed by atoms with Crippen LogP contribution >= 0.6 is 0 Å². The van der Waals surface area contributed by atoms with E-state index in [0.29, 0.717) is 17.2 Å². The lowest BCUT2D eigenvalue weighted by Gasteiger charge is -2.33. The fraction of sp³-hybridized carbons (Fsp3) is 0.333. The molecule has 0 aliphatic carbocycles. The summed E-state index contributed by atoms with van der Waals surface area (Å²) in [4.78, 5) is 26.2. The van der Waals surface area contributed by atoms with E-state index in [1.54, 1.807) is 24.3 Å². The van der Waals surface area contributed by atoms with Crippen LogP contribution in [0.3, 0.4) is 0 Å². The Morgan fingerprint density at radius 1 is 1.08 bits per heavy atom. The Balaban J connectivity index is 1.91. The maximum absolute atomic E-state index is 12.7. The second-order valence-corrected chi connectivity index (χ2v) is 7.03. The number of benzene rings is 2. The second-order valence-electron chi connectivity index (χ2n) is 7.03. The number of aryl methyl sites for hydroxylation is 1. The highest BCUT2D eigenvalue weighted by atomic mass is 16.4. The summed E-state index contributed by atoms with van der Waals surface area (Å²) in [5, 5.41) is 12.2. The van der Waals surface area contributed by atoms with Gasteiger partial charge in [0.25, 0.3) is 5.91 Å². The maximum Gasteiger partial charge on any atom is 0.335 e. The number of carboxylic acid groups (broad SMARTS) is 1. The Hall–Kier alpha value is -2.82. The summed E-state index contributed by atoms with van der Waals surface area (Å²) >= 11 is 0. The molecular weight excluding hydrogens is 328 g/mol. The molecule has 1 heterocycles. The van der Waals surface area contributed by atoms with Crippen molar-refractivity contribution in [1.29, 1.82) is 0 Å². The molecule has 1 fully saturated rings. The maximum atomic E-state index is 12.7. The second kappa shape index (κ2) is 7.60. The smallest absolute Gasteiger partial charge is 0.335 e. The van der Waals surface area contributed by atoms with Crippen LogP contribution in [0, 0.1) is 12.8 Å². The number of carbonyl (C=O) groups is 2. The van der Waals surface area contributed by atoms with E-state index in [9.17, 15) is 14.7 Å². The van der Waals surface area contributed by atoms with E-state index in [-0.39, 0.29) is 11.5 Å². The minimum absolute atomic E-state index is 0.165. The molecule has 0 unspecified atom stereocenters. The monoisotopic (exact) mass is 352 g/mol. The van der Waals surface area contributed by atoms with Crippen LogP contribution in [0.25, 0.3) is 0 Å².